The lowest BCUT2D eigenvalue weighted by Gasteiger charge is -2.10. The molecule has 8 nitrogen and oxygen atoms in total. The van der Waals surface area contributed by atoms with Gasteiger partial charge in [-0.15, -0.1) is 11.3 Å². The van der Waals surface area contributed by atoms with Gasteiger partial charge in [0.25, 0.3) is 0 Å². The van der Waals surface area contributed by atoms with Gasteiger partial charge in [0.2, 0.25) is 0 Å². The molecule has 142 valence electrons. The van der Waals surface area contributed by atoms with Gasteiger partial charge in [0.05, 0.1) is 12.2 Å². The van der Waals surface area contributed by atoms with E-state index >= 15 is 0 Å². The van der Waals surface area contributed by atoms with Crippen molar-refractivity contribution in [2.75, 3.05) is 13.6 Å². The number of nitrogens with one attached hydrogen (secondary N) is 2. The van der Waals surface area contributed by atoms with Gasteiger partial charge in [-0.25, -0.2) is 14.5 Å². The number of rotatable bonds is 6. The Morgan fingerprint density at radius 1 is 1.31 bits per heavy atom. The highest BCUT2D eigenvalue weighted by Crippen LogP contribution is 2.15. The van der Waals surface area contributed by atoms with Crippen LogP contribution < -0.4 is 16.3 Å². The summed E-state index contributed by atoms with van der Waals surface area (Å²) in [6.45, 7) is 6.92. The zero-order valence-electron chi connectivity index (χ0n) is 15.7. The normalized spacial score (nSPS) is 14.3. The SMILES string of the molecule is CN=C(NCCCn1nc2n(c1=O)CCCC2)NCc1nc(C)c(C)s1. The summed E-state index contributed by atoms with van der Waals surface area (Å²) >= 11 is 1.70. The fourth-order valence-electron chi connectivity index (χ4n) is 3.02. The summed E-state index contributed by atoms with van der Waals surface area (Å²) in [5.41, 5.74) is 1.11. The zero-order chi connectivity index (χ0) is 18.5. The average Bonchev–Trinajstić information content (AvgIpc) is 3.14. The van der Waals surface area contributed by atoms with Gasteiger partial charge in [-0.05, 0) is 33.1 Å². The Morgan fingerprint density at radius 2 is 2.15 bits per heavy atom. The highest BCUT2D eigenvalue weighted by atomic mass is 32.1. The summed E-state index contributed by atoms with van der Waals surface area (Å²) in [5, 5.41) is 12.1. The molecule has 3 heterocycles. The Kier molecular flexibility index (Phi) is 6.08. The first-order chi connectivity index (χ1) is 12.6. The third-order valence-corrected chi connectivity index (χ3v) is 5.65. The number of guanidine groups is 1. The summed E-state index contributed by atoms with van der Waals surface area (Å²) in [5.74, 6) is 1.67. The van der Waals surface area contributed by atoms with Gasteiger partial charge >= 0.3 is 5.69 Å². The molecular weight excluding hydrogens is 350 g/mol. The summed E-state index contributed by atoms with van der Waals surface area (Å²) in [6.07, 6.45) is 3.91. The number of aryl methyl sites for hydroxylation is 4. The standard InChI is InChI=1S/C17H27N7OS/c1-12-13(2)26-15(21-12)11-20-16(18-3)19-8-6-10-24-17(25)23-9-5-4-7-14(23)22-24/h4-11H2,1-3H3,(H2,18,19,20). The number of fused-ring (bicyclic) bond motifs is 1. The van der Waals surface area contributed by atoms with E-state index in [1.54, 1.807) is 23.1 Å². The lowest BCUT2D eigenvalue weighted by molar-refractivity contribution is 0.509. The van der Waals surface area contributed by atoms with E-state index in [0.717, 1.165) is 61.3 Å². The zero-order valence-corrected chi connectivity index (χ0v) is 16.5. The first-order valence-electron chi connectivity index (χ1n) is 9.12. The topological polar surface area (TPSA) is 89.1 Å². The van der Waals surface area contributed by atoms with Crippen molar-refractivity contribution in [1.29, 1.82) is 0 Å². The molecule has 0 aliphatic carbocycles. The van der Waals surface area contributed by atoms with Crippen LogP contribution in [0.1, 0.15) is 40.7 Å². The summed E-state index contributed by atoms with van der Waals surface area (Å²) in [7, 11) is 1.75. The Bertz CT molecular complexity index is 813. The number of aromatic nitrogens is 4. The third-order valence-electron chi connectivity index (χ3n) is 4.57. The van der Waals surface area contributed by atoms with Crippen LogP contribution in [-0.2, 0) is 26.1 Å². The van der Waals surface area contributed by atoms with Crippen molar-refractivity contribution in [2.45, 2.75) is 59.2 Å². The molecule has 0 aromatic carbocycles. The Labute approximate surface area is 157 Å². The lowest BCUT2D eigenvalue weighted by atomic mass is 10.2. The molecule has 9 heteroatoms. The van der Waals surface area contributed by atoms with Crippen molar-refractivity contribution in [3.8, 4) is 0 Å². The van der Waals surface area contributed by atoms with Crippen LogP contribution in [0.3, 0.4) is 0 Å². The summed E-state index contributed by atoms with van der Waals surface area (Å²) < 4.78 is 3.41. The second kappa shape index (κ2) is 8.48. The first-order valence-corrected chi connectivity index (χ1v) is 9.94. The Hall–Kier alpha value is -2.16. The van der Waals surface area contributed by atoms with Crippen molar-refractivity contribution in [3.05, 3.63) is 31.9 Å². The summed E-state index contributed by atoms with van der Waals surface area (Å²) in [4.78, 5) is 22.3. The number of nitrogens with zero attached hydrogens (tertiary/aromatic N) is 5. The van der Waals surface area contributed by atoms with Crippen LogP contribution in [0.15, 0.2) is 9.79 Å². The maximum atomic E-state index is 12.3. The van der Waals surface area contributed by atoms with Gasteiger partial charge < -0.3 is 10.6 Å². The monoisotopic (exact) mass is 377 g/mol. The van der Waals surface area contributed by atoms with Gasteiger partial charge in [0.15, 0.2) is 5.96 Å². The molecule has 2 aromatic heterocycles. The van der Waals surface area contributed by atoms with Crippen LogP contribution in [0.5, 0.6) is 0 Å². The predicted octanol–water partition coefficient (Wildman–Crippen LogP) is 1.21. The van der Waals surface area contributed by atoms with E-state index in [1.807, 2.05) is 11.5 Å². The quantitative estimate of drug-likeness (QED) is 0.449. The maximum absolute atomic E-state index is 12.3. The minimum Gasteiger partial charge on any atom is -0.356 e. The van der Waals surface area contributed by atoms with Gasteiger partial charge in [-0.1, -0.05) is 0 Å². The molecule has 0 spiro atoms. The fraction of sp³-hybridized carbons (Fsp3) is 0.647. The van der Waals surface area contributed by atoms with Crippen LogP contribution in [0.4, 0.5) is 0 Å². The second-order valence-electron chi connectivity index (χ2n) is 6.49. The lowest BCUT2D eigenvalue weighted by Crippen LogP contribution is -2.37. The molecule has 26 heavy (non-hydrogen) atoms. The molecule has 0 bridgehead atoms. The van der Waals surface area contributed by atoms with E-state index in [0.29, 0.717) is 13.1 Å². The molecule has 2 aromatic rings. The van der Waals surface area contributed by atoms with E-state index in [4.69, 9.17) is 0 Å². The van der Waals surface area contributed by atoms with Crippen molar-refractivity contribution in [1.82, 2.24) is 30.0 Å². The molecule has 0 unspecified atom stereocenters. The van der Waals surface area contributed by atoms with Crippen LogP contribution in [0.25, 0.3) is 0 Å². The third kappa shape index (κ3) is 4.32. The minimum atomic E-state index is 0.0247. The first kappa shape index (κ1) is 18.6. The van der Waals surface area contributed by atoms with E-state index in [-0.39, 0.29) is 5.69 Å². The predicted molar refractivity (Wildman–Crippen MR) is 104 cm³/mol. The van der Waals surface area contributed by atoms with Crippen molar-refractivity contribution in [2.24, 2.45) is 4.99 Å². The molecule has 0 fully saturated rings. The molecule has 0 atom stereocenters. The molecule has 0 amide bonds. The number of hydrogen-bond acceptors (Lipinski definition) is 5. The largest absolute Gasteiger partial charge is 0.356 e. The molecule has 0 saturated carbocycles. The van der Waals surface area contributed by atoms with Crippen molar-refractivity contribution < 1.29 is 0 Å². The van der Waals surface area contributed by atoms with E-state index in [2.05, 4.69) is 32.6 Å². The molecule has 2 N–H and O–H groups in total. The van der Waals surface area contributed by atoms with Crippen molar-refractivity contribution in [3.63, 3.8) is 0 Å². The minimum absolute atomic E-state index is 0.0247. The van der Waals surface area contributed by atoms with Crippen LogP contribution in [-0.4, -0.2) is 38.9 Å². The number of aliphatic imine (C=N–C) groups is 1. The molecule has 0 saturated heterocycles. The van der Waals surface area contributed by atoms with Gasteiger partial charge in [0, 0.05) is 38.0 Å². The van der Waals surface area contributed by atoms with E-state index in [9.17, 15) is 4.79 Å². The number of thiazole rings is 1. The van der Waals surface area contributed by atoms with Crippen LogP contribution in [0, 0.1) is 13.8 Å². The molecule has 0 radical (unpaired) electrons. The fourth-order valence-corrected chi connectivity index (χ4v) is 3.90. The van der Waals surface area contributed by atoms with E-state index in [1.165, 1.54) is 4.88 Å². The van der Waals surface area contributed by atoms with Crippen molar-refractivity contribution >= 4 is 17.3 Å². The number of hydrogen-bond donors (Lipinski definition) is 2. The van der Waals surface area contributed by atoms with Crippen LogP contribution in [0.2, 0.25) is 0 Å². The molecular formula is C17H27N7OS. The van der Waals surface area contributed by atoms with Gasteiger partial charge in [-0.3, -0.25) is 9.56 Å². The highest BCUT2D eigenvalue weighted by Gasteiger charge is 2.16. The molecule has 1 aliphatic heterocycles. The Morgan fingerprint density at radius 3 is 2.85 bits per heavy atom. The van der Waals surface area contributed by atoms with Crippen LogP contribution >= 0.6 is 11.3 Å². The van der Waals surface area contributed by atoms with Gasteiger partial charge in [0.1, 0.15) is 10.8 Å². The Balaban J connectivity index is 1.43. The van der Waals surface area contributed by atoms with E-state index < -0.39 is 0 Å². The smallest absolute Gasteiger partial charge is 0.345 e. The molecule has 1 aliphatic rings. The molecule has 3 rings (SSSR count). The average molecular weight is 378 g/mol. The van der Waals surface area contributed by atoms with Gasteiger partial charge in [-0.2, -0.15) is 5.10 Å². The second-order valence-corrected chi connectivity index (χ2v) is 7.77. The summed E-state index contributed by atoms with van der Waals surface area (Å²) in [6, 6.07) is 0. The highest BCUT2D eigenvalue weighted by molar-refractivity contribution is 7.11. The maximum Gasteiger partial charge on any atom is 0.345 e.